The molecule has 0 saturated carbocycles. The zero-order valence-electron chi connectivity index (χ0n) is 17.4. The number of nitrogens with one attached hydrogen (secondary N) is 3. The Morgan fingerprint density at radius 3 is 2.48 bits per heavy atom. The highest BCUT2D eigenvalue weighted by atomic mass is 19.1. The van der Waals surface area contributed by atoms with Crippen LogP contribution in [0.2, 0.25) is 0 Å². The summed E-state index contributed by atoms with van der Waals surface area (Å²) in [6.07, 6.45) is 0.931. The number of carbonyl (C=O) groups excluding carboxylic acids is 3. The summed E-state index contributed by atoms with van der Waals surface area (Å²) in [5.41, 5.74) is 7.30. The van der Waals surface area contributed by atoms with Crippen LogP contribution in [-0.2, 0) is 25.7 Å². The molecular formula is C21H26FN5O4. The summed E-state index contributed by atoms with van der Waals surface area (Å²) in [6, 6.07) is 8.04. The normalized spacial score (nSPS) is 11.4. The number of hydrogen-bond donors (Lipinski definition) is 4. The van der Waals surface area contributed by atoms with Crippen molar-refractivity contribution in [3.05, 3.63) is 48.0 Å². The number of esters is 1. The molecule has 5 N–H and O–H groups in total. The second-order valence-electron chi connectivity index (χ2n) is 6.76. The second kappa shape index (κ2) is 11.6. The number of benzene rings is 1. The Morgan fingerprint density at radius 1 is 1.13 bits per heavy atom. The SMILES string of the molecule is CC(=O)NC[C@@H](CNc1ccc(-c2ccc(CNC(=O)CN)nc2)c(F)c1)OC(C)=O. The van der Waals surface area contributed by atoms with E-state index in [4.69, 9.17) is 10.5 Å². The van der Waals surface area contributed by atoms with E-state index in [-0.39, 0.29) is 38.0 Å². The number of pyridine rings is 1. The van der Waals surface area contributed by atoms with Crippen LogP contribution in [0.25, 0.3) is 11.1 Å². The minimum Gasteiger partial charge on any atom is -0.459 e. The van der Waals surface area contributed by atoms with Gasteiger partial charge in [0.05, 0.1) is 31.9 Å². The Balaban J connectivity index is 2.01. The third kappa shape index (κ3) is 8.01. The molecule has 2 aromatic rings. The molecule has 31 heavy (non-hydrogen) atoms. The van der Waals surface area contributed by atoms with Gasteiger partial charge in [-0.15, -0.1) is 0 Å². The van der Waals surface area contributed by atoms with Gasteiger partial charge in [0, 0.05) is 36.9 Å². The van der Waals surface area contributed by atoms with Crippen LogP contribution in [0.4, 0.5) is 10.1 Å². The van der Waals surface area contributed by atoms with E-state index >= 15 is 0 Å². The number of halogens is 1. The number of anilines is 1. The quantitative estimate of drug-likeness (QED) is 0.411. The van der Waals surface area contributed by atoms with Crippen molar-refractivity contribution in [1.29, 1.82) is 0 Å². The van der Waals surface area contributed by atoms with Crippen LogP contribution in [0.15, 0.2) is 36.5 Å². The highest BCUT2D eigenvalue weighted by molar-refractivity contribution is 5.77. The van der Waals surface area contributed by atoms with E-state index in [1.165, 1.54) is 26.1 Å². The highest BCUT2D eigenvalue weighted by Crippen LogP contribution is 2.25. The van der Waals surface area contributed by atoms with Crippen LogP contribution >= 0.6 is 0 Å². The van der Waals surface area contributed by atoms with Gasteiger partial charge < -0.3 is 26.4 Å². The number of nitrogens with zero attached hydrogens (tertiary/aromatic N) is 1. The van der Waals surface area contributed by atoms with Crippen molar-refractivity contribution in [2.75, 3.05) is 25.0 Å². The Kier molecular flexibility index (Phi) is 8.89. The van der Waals surface area contributed by atoms with E-state index in [9.17, 15) is 18.8 Å². The van der Waals surface area contributed by atoms with Crippen LogP contribution in [-0.4, -0.2) is 48.5 Å². The maximum atomic E-state index is 14.6. The Morgan fingerprint density at radius 2 is 1.90 bits per heavy atom. The van der Waals surface area contributed by atoms with Gasteiger partial charge in [-0.25, -0.2) is 4.39 Å². The molecule has 0 bridgehead atoms. The molecule has 2 amide bonds. The van der Waals surface area contributed by atoms with Crippen molar-refractivity contribution >= 4 is 23.5 Å². The minimum absolute atomic E-state index is 0.0987. The van der Waals surface area contributed by atoms with E-state index in [1.807, 2.05) is 0 Å². The molecule has 0 radical (unpaired) electrons. The van der Waals surface area contributed by atoms with Crippen molar-refractivity contribution in [3.8, 4) is 11.1 Å². The second-order valence-corrected chi connectivity index (χ2v) is 6.76. The fourth-order valence-corrected chi connectivity index (χ4v) is 2.69. The number of hydrogen-bond acceptors (Lipinski definition) is 7. The highest BCUT2D eigenvalue weighted by Gasteiger charge is 2.13. The predicted molar refractivity (Wildman–Crippen MR) is 113 cm³/mol. The molecule has 1 heterocycles. The van der Waals surface area contributed by atoms with E-state index in [2.05, 4.69) is 20.9 Å². The van der Waals surface area contributed by atoms with Crippen molar-refractivity contribution in [2.24, 2.45) is 5.73 Å². The lowest BCUT2D eigenvalue weighted by atomic mass is 10.1. The number of amides is 2. The van der Waals surface area contributed by atoms with Gasteiger partial charge in [0.1, 0.15) is 11.9 Å². The van der Waals surface area contributed by atoms with Gasteiger partial charge in [-0.2, -0.15) is 0 Å². The maximum absolute atomic E-state index is 14.6. The molecule has 1 aromatic heterocycles. The van der Waals surface area contributed by atoms with Crippen molar-refractivity contribution in [2.45, 2.75) is 26.5 Å². The zero-order chi connectivity index (χ0) is 22.8. The van der Waals surface area contributed by atoms with E-state index in [0.29, 0.717) is 22.5 Å². The summed E-state index contributed by atoms with van der Waals surface area (Å²) in [6.45, 7) is 3.13. The zero-order valence-corrected chi connectivity index (χ0v) is 17.4. The Bertz CT molecular complexity index is 920. The summed E-state index contributed by atoms with van der Waals surface area (Å²) in [7, 11) is 0. The number of carbonyl (C=O) groups is 3. The van der Waals surface area contributed by atoms with Crippen LogP contribution in [0.3, 0.4) is 0 Å². The van der Waals surface area contributed by atoms with Gasteiger partial charge >= 0.3 is 5.97 Å². The average Bonchev–Trinajstić information content (AvgIpc) is 2.74. The van der Waals surface area contributed by atoms with Crippen LogP contribution < -0.4 is 21.7 Å². The van der Waals surface area contributed by atoms with Crippen LogP contribution in [0.1, 0.15) is 19.5 Å². The van der Waals surface area contributed by atoms with Gasteiger partial charge in [-0.1, -0.05) is 6.07 Å². The third-order valence-electron chi connectivity index (χ3n) is 4.20. The monoisotopic (exact) mass is 431 g/mol. The molecule has 0 saturated heterocycles. The first-order valence-corrected chi connectivity index (χ1v) is 9.65. The molecule has 166 valence electrons. The van der Waals surface area contributed by atoms with Crippen molar-refractivity contribution in [1.82, 2.24) is 15.6 Å². The fourth-order valence-electron chi connectivity index (χ4n) is 2.69. The Hall–Kier alpha value is -3.53. The van der Waals surface area contributed by atoms with Crippen LogP contribution in [0, 0.1) is 5.82 Å². The molecule has 9 nitrogen and oxygen atoms in total. The smallest absolute Gasteiger partial charge is 0.303 e. The van der Waals surface area contributed by atoms with Gasteiger partial charge in [0.15, 0.2) is 0 Å². The molecule has 0 aliphatic rings. The lowest BCUT2D eigenvalue weighted by Gasteiger charge is -2.18. The topological polar surface area (TPSA) is 135 Å². The first-order valence-electron chi connectivity index (χ1n) is 9.65. The molecule has 2 rings (SSSR count). The number of aromatic nitrogens is 1. The minimum atomic E-state index is -0.597. The molecule has 1 aromatic carbocycles. The summed E-state index contributed by atoms with van der Waals surface area (Å²) < 4.78 is 19.8. The average molecular weight is 431 g/mol. The van der Waals surface area contributed by atoms with E-state index in [1.54, 1.807) is 24.3 Å². The number of ether oxygens (including phenoxy) is 1. The number of rotatable bonds is 10. The van der Waals surface area contributed by atoms with Crippen molar-refractivity contribution in [3.63, 3.8) is 0 Å². The molecule has 0 fully saturated rings. The fraction of sp³-hybridized carbons (Fsp3) is 0.333. The molecule has 0 spiro atoms. The van der Waals surface area contributed by atoms with Gasteiger partial charge in [0.2, 0.25) is 11.8 Å². The molecule has 0 aliphatic carbocycles. The van der Waals surface area contributed by atoms with E-state index in [0.717, 1.165) is 0 Å². The molecule has 1 atom stereocenters. The van der Waals surface area contributed by atoms with Crippen LogP contribution in [0.5, 0.6) is 0 Å². The van der Waals surface area contributed by atoms with Crippen molar-refractivity contribution < 1.29 is 23.5 Å². The molecule has 0 aliphatic heterocycles. The van der Waals surface area contributed by atoms with Gasteiger partial charge in [-0.05, 0) is 24.3 Å². The lowest BCUT2D eigenvalue weighted by Crippen LogP contribution is -2.37. The molecule has 10 heteroatoms. The first-order chi connectivity index (χ1) is 14.8. The number of nitrogens with two attached hydrogens (primary N) is 1. The summed E-state index contributed by atoms with van der Waals surface area (Å²) in [5.74, 6) is -1.46. The summed E-state index contributed by atoms with van der Waals surface area (Å²) >= 11 is 0. The first kappa shape index (κ1) is 23.7. The standard InChI is InChI=1S/C21H26FN5O4/c1-13(28)24-11-18(31-14(2)29)12-26-16-5-6-19(20(22)7-16)15-3-4-17(25-9-15)10-27-21(30)8-23/h3-7,9,18,26H,8,10-12,23H2,1-2H3,(H,24,28)(H,27,30)/t18-/m0/s1. The predicted octanol–water partition coefficient (Wildman–Crippen LogP) is 0.942. The third-order valence-corrected chi connectivity index (χ3v) is 4.20. The lowest BCUT2D eigenvalue weighted by molar-refractivity contribution is -0.146. The van der Waals surface area contributed by atoms with E-state index < -0.39 is 17.9 Å². The Labute approximate surface area is 179 Å². The van der Waals surface area contributed by atoms with Gasteiger partial charge in [0.25, 0.3) is 0 Å². The molecular weight excluding hydrogens is 405 g/mol. The van der Waals surface area contributed by atoms with Gasteiger partial charge in [-0.3, -0.25) is 19.4 Å². The largest absolute Gasteiger partial charge is 0.459 e. The maximum Gasteiger partial charge on any atom is 0.303 e. The summed E-state index contributed by atoms with van der Waals surface area (Å²) in [5, 5.41) is 8.20. The summed E-state index contributed by atoms with van der Waals surface area (Å²) in [4.78, 5) is 37.7. The molecule has 0 unspecified atom stereocenters.